The van der Waals surface area contributed by atoms with Crippen molar-refractivity contribution >= 4 is 35.8 Å². The number of benzene rings is 2. The van der Waals surface area contributed by atoms with Gasteiger partial charge in [0.25, 0.3) is 0 Å². The summed E-state index contributed by atoms with van der Waals surface area (Å²) >= 11 is 0. The number of nitrogens with one attached hydrogen (secondary N) is 2. The molecule has 8 heteroatoms. The number of amides is 2. The molecule has 37 heavy (non-hydrogen) atoms. The number of para-hydroxylation sites is 1. The van der Waals surface area contributed by atoms with E-state index in [0.717, 1.165) is 41.9 Å². The van der Waals surface area contributed by atoms with E-state index in [1.54, 1.807) is 18.3 Å². The fourth-order valence-corrected chi connectivity index (χ4v) is 3.99. The predicted molar refractivity (Wildman–Crippen MR) is 150 cm³/mol. The summed E-state index contributed by atoms with van der Waals surface area (Å²) in [6.07, 6.45) is 4.67. The maximum Gasteiger partial charge on any atom is 0.320 e. The van der Waals surface area contributed by atoms with E-state index in [4.69, 9.17) is 4.99 Å². The molecule has 4 rings (SSSR count). The highest BCUT2D eigenvalue weighted by Gasteiger charge is 2.13. The van der Waals surface area contributed by atoms with Gasteiger partial charge in [0.1, 0.15) is 11.5 Å². The number of unbranched alkanes of at least 4 members (excludes halogenated alkanes) is 1. The standard InChI is InChI=1S/C29H31N7O/c1-21(25-20-32-36(22(25)2)24-15-8-5-9-16-24)33-28-26(30-3)17-18-27(34-28)35-29(37)31-19-11-10-14-23-12-6-4-7-13-23/h4-9,12-13,15-18,20H,3,10-11,14,19H2,1-2H3,(H2,31,34,35,37). The first-order valence-electron chi connectivity index (χ1n) is 12.3. The summed E-state index contributed by atoms with van der Waals surface area (Å²) < 4.78 is 1.87. The third-order valence-electron chi connectivity index (χ3n) is 5.96. The Balaban J connectivity index is 1.39. The molecule has 4 aromatic rings. The first-order valence-corrected chi connectivity index (χ1v) is 12.3. The molecule has 0 spiro atoms. The topological polar surface area (TPSA) is 96.6 Å². The Morgan fingerprint density at radius 2 is 1.73 bits per heavy atom. The molecule has 2 heterocycles. The molecule has 0 fully saturated rings. The normalized spacial score (nSPS) is 11.2. The zero-order valence-corrected chi connectivity index (χ0v) is 21.2. The Labute approximate surface area is 217 Å². The number of hydrogen-bond acceptors (Lipinski definition) is 5. The molecular weight excluding hydrogens is 462 g/mol. The minimum absolute atomic E-state index is 0.307. The van der Waals surface area contributed by atoms with Gasteiger partial charge >= 0.3 is 6.03 Å². The van der Waals surface area contributed by atoms with E-state index in [9.17, 15) is 4.79 Å². The highest BCUT2D eigenvalue weighted by molar-refractivity contribution is 6.01. The molecule has 0 atom stereocenters. The monoisotopic (exact) mass is 493 g/mol. The molecule has 0 unspecified atom stereocenters. The van der Waals surface area contributed by atoms with Gasteiger partial charge in [-0.15, -0.1) is 0 Å². The fraction of sp³-hybridized carbons (Fsp3) is 0.207. The second-order valence-corrected chi connectivity index (χ2v) is 8.61. The average Bonchev–Trinajstić information content (AvgIpc) is 3.31. The molecular formula is C29H31N7O. The van der Waals surface area contributed by atoms with E-state index < -0.39 is 0 Å². The third-order valence-corrected chi connectivity index (χ3v) is 5.96. The summed E-state index contributed by atoms with van der Waals surface area (Å²) in [5, 5.41) is 10.2. The van der Waals surface area contributed by atoms with Crippen LogP contribution >= 0.6 is 0 Å². The molecule has 8 nitrogen and oxygen atoms in total. The summed E-state index contributed by atoms with van der Waals surface area (Å²) in [5.74, 6) is 0.762. The number of rotatable bonds is 10. The van der Waals surface area contributed by atoms with Crippen LogP contribution in [0.1, 0.15) is 36.6 Å². The lowest BCUT2D eigenvalue weighted by atomic mass is 10.1. The van der Waals surface area contributed by atoms with Crippen LogP contribution in [0.4, 0.5) is 22.1 Å². The minimum Gasteiger partial charge on any atom is -0.338 e. The second-order valence-electron chi connectivity index (χ2n) is 8.61. The van der Waals surface area contributed by atoms with Crippen molar-refractivity contribution in [1.82, 2.24) is 20.1 Å². The number of hydrogen-bond donors (Lipinski definition) is 2. The quantitative estimate of drug-likeness (QED) is 0.203. The van der Waals surface area contributed by atoms with Gasteiger partial charge < -0.3 is 5.32 Å². The molecule has 2 N–H and O–H groups in total. The van der Waals surface area contributed by atoms with E-state index in [0.29, 0.717) is 23.9 Å². The van der Waals surface area contributed by atoms with Gasteiger partial charge in [-0.2, -0.15) is 5.10 Å². The maximum atomic E-state index is 12.4. The Kier molecular flexibility index (Phi) is 8.54. The van der Waals surface area contributed by atoms with Crippen molar-refractivity contribution in [3.8, 4) is 5.69 Å². The Bertz CT molecular complexity index is 1380. The number of carbonyl (C=O) groups is 1. The number of pyridine rings is 1. The van der Waals surface area contributed by atoms with Gasteiger partial charge in [0, 0.05) is 12.1 Å². The number of urea groups is 1. The van der Waals surface area contributed by atoms with Gasteiger partial charge in [-0.05, 0) is 69.7 Å². The summed E-state index contributed by atoms with van der Waals surface area (Å²) in [5.41, 5.74) is 5.39. The summed E-state index contributed by atoms with van der Waals surface area (Å²) in [4.78, 5) is 25.6. The maximum absolute atomic E-state index is 12.4. The SMILES string of the molecule is C=Nc1ccc(NC(=O)NCCCCc2ccccc2)nc1N=C(C)c1cnn(-c2ccccc2)c1C. The van der Waals surface area contributed by atoms with Crippen LogP contribution < -0.4 is 10.6 Å². The van der Waals surface area contributed by atoms with E-state index in [2.05, 4.69) is 44.6 Å². The number of aryl methyl sites for hydroxylation is 1. The van der Waals surface area contributed by atoms with Crippen molar-refractivity contribution in [3.63, 3.8) is 0 Å². The van der Waals surface area contributed by atoms with Crippen LogP contribution in [0.15, 0.2) is 89.0 Å². The average molecular weight is 494 g/mol. The van der Waals surface area contributed by atoms with Crippen molar-refractivity contribution in [3.05, 3.63) is 95.8 Å². The van der Waals surface area contributed by atoms with Crippen LogP contribution in [-0.4, -0.2) is 39.8 Å². The number of aromatic nitrogens is 3. The minimum atomic E-state index is -0.307. The molecule has 0 bridgehead atoms. The Morgan fingerprint density at radius 3 is 2.46 bits per heavy atom. The van der Waals surface area contributed by atoms with Gasteiger partial charge in [0.15, 0.2) is 5.82 Å². The van der Waals surface area contributed by atoms with Crippen LogP contribution in [0.2, 0.25) is 0 Å². The largest absolute Gasteiger partial charge is 0.338 e. The number of aliphatic imine (C=N–C) groups is 2. The first-order chi connectivity index (χ1) is 18.0. The molecule has 2 amide bonds. The van der Waals surface area contributed by atoms with Gasteiger partial charge in [-0.3, -0.25) is 10.3 Å². The second kappa shape index (κ2) is 12.4. The van der Waals surface area contributed by atoms with Crippen LogP contribution in [0.25, 0.3) is 5.69 Å². The van der Waals surface area contributed by atoms with Crippen molar-refractivity contribution in [2.75, 3.05) is 11.9 Å². The van der Waals surface area contributed by atoms with E-state index in [1.807, 2.05) is 67.1 Å². The van der Waals surface area contributed by atoms with Crippen molar-refractivity contribution in [2.45, 2.75) is 33.1 Å². The summed E-state index contributed by atoms with van der Waals surface area (Å²) in [7, 11) is 0. The Hall–Kier alpha value is -4.59. The van der Waals surface area contributed by atoms with E-state index >= 15 is 0 Å². The molecule has 0 radical (unpaired) electrons. The molecule has 188 valence electrons. The summed E-state index contributed by atoms with van der Waals surface area (Å²) in [6, 6.07) is 23.4. The Morgan fingerprint density at radius 1 is 1.00 bits per heavy atom. The van der Waals surface area contributed by atoms with Crippen molar-refractivity contribution in [2.24, 2.45) is 9.98 Å². The highest BCUT2D eigenvalue weighted by Crippen LogP contribution is 2.28. The van der Waals surface area contributed by atoms with Crippen LogP contribution in [0.5, 0.6) is 0 Å². The van der Waals surface area contributed by atoms with E-state index in [1.165, 1.54) is 5.56 Å². The van der Waals surface area contributed by atoms with Crippen LogP contribution in [0.3, 0.4) is 0 Å². The molecule has 0 aliphatic heterocycles. The smallest absolute Gasteiger partial charge is 0.320 e. The van der Waals surface area contributed by atoms with Gasteiger partial charge in [-0.1, -0.05) is 48.5 Å². The first kappa shape index (κ1) is 25.5. The number of anilines is 1. The van der Waals surface area contributed by atoms with Crippen LogP contribution in [0, 0.1) is 6.92 Å². The van der Waals surface area contributed by atoms with Crippen molar-refractivity contribution < 1.29 is 4.79 Å². The lowest BCUT2D eigenvalue weighted by Gasteiger charge is -2.09. The van der Waals surface area contributed by atoms with E-state index in [-0.39, 0.29) is 6.03 Å². The number of nitrogens with zero attached hydrogens (tertiary/aromatic N) is 5. The molecule has 2 aromatic carbocycles. The van der Waals surface area contributed by atoms with Gasteiger partial charge in [-0.25, -0.2) is 19.5 Å². The molecule has 0 aliphatic rings. The summed E-state index contributed by atoms with van der Waals surface area (Å²) in [6.45, 7) is 8.11. The molecule has 0 saturated heterocycles. The zero-order valence-electron chi connectivity index (χ0n) is 21.2. The lowest BCUT2D eigenvalue weighted by Crippen LogP contribution is -2.29. The third kappa shape index (κ3) is 6.76. The highest BCUT2D eigenvalue weighted by atomic mass is 16.2. The van der Waals surface area contributed by atoms with Gasteiger partial charge in [0.05, 0.1) is 23.3 Å². The molecule has 0 aliphatic carbocycles. The number of carbonyl (C=O) groups excluding carboxylic acids is 1. The zero-order chi connectivity index (χ0) is 26.0. The molecule has 2 aromatic heterocycles. The van der Waals surface area contributed by atoms with Gasteiger partial charge in [0.2, 0.25) is 0 Å². The predicted octanol–water partition coefficient (Wildman–Crippen LogP) is 6.19. The fourth-order valence-electron chi connectivity index (χ4n) is 3.99. The van der Waals surface area contributed by atoms with Crippen LogP contribution in [-0.2, 0) is 6.42 Å². The van der Waals surface area contributed by atoms with Crippen molar-refractivity contribution in [1.29, 1.82) is 0 Å². The lowest BCUT2D eigenvalue weighted by molar-refractivity contribution is 0.252. The molecule has 0 saturated carbocycles.